The van der Waals surface area contributed by atoms with Crippen LogP contribution in [0.3, 0.4) is 0 Å². The maximum atomic E-state index is 15.6. The van der Waals surface area contributed by atoms with E-state index < -0.39 is 88.1 Å². The molecule has 0 unspecified atom stereocenters. The number of aromatic nitrogens is 2. The first-order valence-electron chi connectivity index (χ1n) is 35.7. The van der Waals surface area contributed by atoms with Crippen LogP contribution in [0, 0.1) is 35.5 Å². The molecule has 3 saturated carbocycles. The summed E-state index contributed by atoms with van der Waals surface area (Å²) in [6.07, 6.45) is 7.24. The van der Waals surface area contributed by atoms with Crippen LogP contribution in [0.4, 0.5) is 33.7 Å². The van der Waals surface area contributed by atoms with E-state index in [0.29, 0.717) is 63.6 Å². The van der Waals surface area contributed by atoms with Gasteiger partial charge in [-0.1, -0.05) is 97.8 Å². The Balaban J connectivity index is 0.000000158. The minimum atomic E-state index is -6.07. The van der Waals surface area contributed by atoms with Crippen LogP contribution in [0.25, 0.3) is 37.8 Å². The van der Waals surface area contributed by atoms with Crippen LogP contribution < -0.4 is 9.04 Å². The number of halogens is 7. The Morgan fingerprint density at radius 2 is 1.57 bits per heavy atom. The predicted octanol–water partition coefficient (Wildman–Crippen LogP) is 15.3. The second kappa shape index (κ2) is 33.1. The van der Waals surface area contributed by atoms with Crippen molar-refractivity contribution in [3.05, 3.63) is 201 Å². The van der Waals surface area contributed by atoms with E-state index in [4.69, 9.17) is 54.5 Å². The van der Waals surface area contributed by atoms with Gasteiger partial charge >= 0.3 is 57.2 Å². The number of anilines is 1. The van der Waals surface area contributed by atoms with Crippen LogP contribution in [0.2, 0.25) is 0 Å². The molecule has 7 aromatic rings. The summed E-state index contributed by atoms with van der Waals surface area (Å²) in [6, 6.07) is 30.4. The molecule has 2 aliphatic heterocycles. The van der Waals surface area contributed by atoms with Crippen LogP contribution in [0.5, 0.6) is 5.75 Å². The Hall–Kier alpha value is -8.18. The van der Waals surface area contributed by atoms with Gasteiger partial charge in [-0.3, -0.25) is 38.2 Å². The number of Topliss-reactive ketones (excluding diaryl/α,β-unsaturated/α-hetero) is 1. The molecule has 5 aromatic carbocycles. The maximum absolute atomic E-state index is 15.6. The van der Waals surface area contributed by atoms with Gasteiger partial charge in [0.1, 0.15) is 11.9 Å². The Labute approximate surface area is 676 Å². The number of carbonyl (C=O) groups is 7. The molecule has 1 saturated heterocycles. The van der Waals surface area contributed by atoms with Crippen LogP contribution in [0.15, 0.2) is 156 Å². The first-order chi connectivity index (χ1) is 51.9. The molecule has 11 atom stereocenters. The predicted molar refractivity (Wildman–Crippen MR) is 416 cm³/mol. The number of rotatable bonds is 15. The summed E-state index contributed by atoms with van der Waals surface area (Å²) in [4.78, 5) is 96.4. The number of fused-ring (bicyclic) bond motifs is 10. The topological polar surface area (TPSA) is 290 Å². The van der Waals surface area contributed by atoms with E-state index in [1.54, 1.807) is 87.5 Å². The zero-order valence-electron chi connectivity index (χ0n) is 61.9. The van der Waals surface area contributed by atoms with Crippen molar-refractivity contribution >= 4 is 154 Å². The van der Waals surface area contributed by atoms with E-state index >= 15 is 4.39 Å². The SMILES string of the molecule is CC1(C)O[C@@H]2C[C@H]3[C@@H]4C[C@H](F)C5=CC(=O)C=C[C@]5(C)[C@@]4(Cl)[C@@H](Cl)C[C@]3(C)[C@]2(C(=O)CCl)O1.CCN(CC)C(=O)[C@@H]1C=C2c3cccc4[nH]cc(c34)C[C@H]2N(C)C1.CCOC(=O)N(c1cccc(C(=O)c2ccccc2)c1)S(=O)(=O)C(F)(F)F.COc1ccc2c(c1)c(CC(=O)O)c(C)n2C(=O)c1ccc(N=[N+]=[N-])cc1.[NaH]. The number of ketones is 3. The Kier molecular flexibility index (Phi) is 25.4. The van der Waals surface area contributed by atoms with E-state index in [1.807, 2.05) is 18.7 Å². The van der Waals surface area contributed by atoms with Crippen LogP contribution in [0.1, 0.15) is 116 Å². The van der Waals surface area contributed by atoms with Crippen LogP contribution >= 0.6 is 34.8 Å². The van der Waals surface area contributed by atoms with E-state index in [0.717, 1.165) is 38.2 Å². The number of hydrogen-bond acceptors (Lipinski definition) is 15. The van der Waals surface area contributed by atoms with Gasteiger partial charge < -0.3 is 33.9 Å². The number of methoxy groups -OCH3 is 1. The zero-order valence-corrected chi connectivity index (χ0v) is 65.0. The molecule has 31 heteroatoms. The summed E-state index contributed by atoms with van der Waals surface area (Å²) >= 11 is 20.7. The number of aliphatic carboxylic acids is 1. The first kappa shape index (κ1) is 85.3. The summed E-state index contributed by atoms with van der Waals surface area (Å²) in [7, 11) is -2.40. The molecule has 111 heavy (non-hydrogen) atoms. The second-order valence-electron chi connectivity index (χ2n) is 28.9. The van der Waals surface area contributed by atoms with E-state index in [2.05, 4.69) is 76.0 Å². The molecule has 14 rings (SSSR count). The number of benzene rings is 5. The molecule has 7 aliphatic rings. The summed E-state index contributed by atoms with van der Waals surface area (Å²) in [5.41, 5.74) is 7.47. The third kappa shape index (κ3) is 15.4. The molecule has 4 fully saturated rings. The van der Waals surface area contributed by atoms with Gasteiger partial charge in [-0.05, 0) is 180 Å². The Bertz CT molecular complexity index is 5090. The number of likely N-dealkylation sites (N-methyl/N-ethyl adjacent to an activating group) is 1. The molecule has 2 aromatic heterocycles. The summed E-state index contributed by atoms with van der Waals surface area (Å²) in [5.74, 6) is -3.16. The number of amides is 2. The Morgan fingerprint density at radius 1 is 0.892 bits per heavy atom. The third-order valence-electron chi connectivity index (χ3n) is 22.5. The molecule has 584 valence electrons. The van der Waals surface area contributed by atoms with E-state index in [9.17, 15) is 60.3 Å². The van der Waals surface area contributed by atoms with Gasteiger partial charge in [-0.15, -0.1) is 34.8 Å². The van der Waals surface area contributed by atoms with Crippen molar-refractivity contribution in [2.45, 2.75) is 133 Å². The number of nitrogens with zero attached hydrogens (tertiary/aromatic N) is 7. The van der Waals surface area contributed by atoms with Crippen molar-refractivity contribution in [3.8, 4) is 5.75 Å². The van der Waals surface area contributed by atoms with Crippen molar-refractivity contribution in [3.63, 3.8) is 0 Å². The molecule has 0 radical (unpaired) electrons. The van der Waals surface area contributed by atoms with Gasteiger partial charge in [0, 0.05) is 92.0 Å². The standard InChI is InChI=1S/C24H28Cl3FO4.C20H25N3O.C19H16N4O4.C17H14F3NO5S.Na.H/c1-20(2)31-19-9-13-14-8-16(28)15-7-12(29)5-6-21(15,3)23(14,27)17(26)10-22(13,4)24(19,32-20)18(30)11-25;1-4-23(5-2)20(24)14-9-16-15-7-6-8-17-19(15)13(11-21-17)10-18(16)22(3)12-14;1-11-15(10-18(24)25)16-9-14(27-2)7-8-17(16)23(11)19(26)12-3-5-13(6-4-12)21-22-20;1-2-26-16(23)21(27(24,25)17(18,19)20)14-10-6-9-13(11-14)15(22)12-7-4-3-5-8-12;;/h5-7,13-14,16-17,19H,8-11H2,1-4H3;6-9,11,14,18,21H,4-5,10,12H2,1-3H3;3-9H,10H2,1-2H3,(H,24,25);3-11H,2H2,1H3;;/t13-,14-,16-,17-,19+,21-,22-,23-,24+;14-,18-;;;;/m01..../s1. The number of ether oxygens (including phenoxy) is 4. The molecule has 4 heterocycles. The number of H-pyrrole nitrogens is 1. The van der Waals surface area contributed by atoms with Crippen molar-refractivity contribution in [1.29, 1.82) is 0 Å². The van der Waals surface area contributed by atoms with Crippen molar-refractivity contribution in [2.75, 3.05) is 50.6 Å². The number of carbonyl (C=O) groups excluding carboxylic acids is 6. The number of sulfonamides is 1. The van der Waals surface area contributed by atoms with Crippen molar-refractivity contribution < 1.29 is 83.6 Å². The summed E-state index contributed by atoms with van der Waals surface area (Å²) < 4.78 is 102. The fraction of sp³-hybridized carbons (Fsp3) is 0.412. The van der Waals surface area contributed by atoms with Gasteiger partial charge in [0.05, 0.1) is 59.5 Å². The minimum absolute atomic E-state index is 0. The molecule has 2 N–H and O–H groups in total. The van der Waals surface area contributed by atoms with E-state index in [-0.39, 0.29) is 107 Å². The van der Waals surface area contributed by atoms with E-state index in [1.165, 1.54) is 82.6 Å². The number of carboxylic acids is 1. The fourth-order valence-electron chi connectivity index (χ4n) is 17.4. The average Bonchev–Trinajstić information content (AvgIpc) is 1.54. The molecule has 2 amide bonds. The third-order valence-corrected chi connectivity index (χ3v) is 25.7. The summed E-state index contributed by atoms with van der Waals surface area (Å²) in [6.45, 7) is 16.6. The second-order valence-corrected chi connectivity index (χ2v) is 32.1. The molecule has 5 aliphatic carbocycles. The molecule has 22 nitrogen and oxygen atoms in total. The number of carboxylic acid groups (broad SMARTS) is 1. The molecule has 0 bridgehead atoms. The summed E-state index contributed by atoms with van der Waals surface area (Å²) in [5, 5.41) is 14.1. The molecule has 0 spiro atoms. The number of hydrogen-bond donors (Lipinski definition) is 2. The van der Waals surface area contributed by atoms with Crippen LogP contribution in [-0.2, 0) is 56.3 Å². The number of aromatic amines is 1. The van der Waals surface area contributed by atoms with Gasteiger partial charge in [0.15, 0.2) is 28.7 Å². The number of azide groups is 1. The van der Waals surface area contributed by atoms with Gasteiger partial charge in [0.25, 0.3) is 5.91 Å². The van der Waals surface area contributed by atoms with Crippen LogP contribution in [-0.4, -0.2) is 195 Å². The quantitative estimate of drug-likeness (QED) is 0.0183. The normalized spacial score (nSPS) is 25.7. The van der Waals surface area contributed by atoms with Crippen molar-refractivity contribution in [2.24, 2.45) is 33.7 Å². The monoisotopic (exact) mass is 1620 g/mol. The molecular formula is C80H84Cl3F4N8NaO14S. The number of alkyl halides is 7. The number of nitrogens with one attached hydrogen (secondary N) is 1. The Morgan fingerprint density at radius 3 is 2.20 bits per heavy atom. The number of allylic oxidation sites excluding steroid dienone is 4. The fourth-order valence-corrected chi connectivity index (χ4v) is 19.7. The molecular weight excluding hydrogens is 1530 g/mol. The zero-order chi connectivity index (χ0) is 80.1. The average molecular weight is 1620 g/mol. The van der Waals surface area contributed by atoms with Gasteiger partial charge in [0.2, 0.25) is 5.91 Å². The van der Waals surface area contributed by atoms with Crippen molar-refractivity contribution in [1.82, 2.24) is 19.4 Å². The first-order valence-corrected chi connectivity index (χ1v) is 38.5. The van der Waals surface area contributed by atoms with Gasteiger partial charge in [-0.25, -0.2) is 9.18 Å². The van der Waals surface area contributed by atoms with Gasteiger partial charge in [-0.2, -0.15) is 25.9 Å².